The number of aliphatic hydroxyl groups is 1. The lowest BCUT2D eigenvalue weighted by molar-refractivity contribution is -0.160. The zero-order valence-corrected chi connectivity index (χ0v) is 15.9. The summed E-state index contributed by atoms with van der Waals surface area (Å²) in [7, 11) is 0. The fourth-order valence-electron chi connectivity index (χ4n) is 3.65. The van der Waals surface area contributed by atoms with E-state index in [-0.39, 0.29) is 12.0 Å². The van der Waals surface area contributed by atoms with Gasteiger partial charge in [0.1, 0.15) is 5.57 Å². The first-order valence-electron chi connectivity index (χ1n) is 9.43. The predicted molar refractivity (Wildman–Crippen MR) is 110 cm³/mol. The number of benzene rings is 3. The molecule has 1 saturated heterocycles. The molecular formula is C25H18O5. The average Bonchev–Trinajstić information content (AvgIpc) is 2.79. The Hall–Kier alpha value is -3.99. The summed E-state index contributed by atoms with van der Waals surface area (Å²) in [4.78, 5) is 38.6. The number of esters is 1. The van der Waals surface area contributed by atoms with Crippen LogP contribution in [0.1, 0.15) is 27.9 Å². The van der Waals surface area contributed by atoms with Gasteiger partial charge in [0.15, 0.2) is 17.1 Å². The quantitative estimate of drug-likeness (QED) is 0.235. The number of hydrogen-bond donors (Lipinski definition) is 1. The summed E-state index contributed by atoms with van der Waals surface area (Å²) in [5.74, 6) is -3.38. The Morgan fingerprint density at radius 3 is 1.70 bits per heavy atom. The third-order valence-electron chi connectivity index (χ3n) is 5.13. The van der Waals surface area contributed by atoms with Crippen LogP contribution >= 0.6 is 0 Å². The van der Waals surface area contributed by atoms with E-state index in [1.807, 2.05) is 12.1 Å². The number of rotatable bonds is 4. The summed E-state index contributed by atoms with van der Waals surface area (Å²) < 4.78 is 5.81. The summed E-state index contributed by atoms with van der Waals surface area (Å²) in [6.45, 7) is 0. The van der Waals surface area contributed by atoms with Crippen LogP contribution in [0.4, 0.5) is 0 Å². The van der Waals surface area contributed by atoms with Crippen molar-refractivity contribution in [2.24, 2.45) is 0 Å². The van der Waals surface area contributed by atoms with Crippen molar-refractivity contribution in [3.05, 3.63) is 119 Å². The van der Waals surface area contributed by atoms with Crippen LogP contribution in [0.5, 0.6) is 0 Å². The Balaban J connectivity index is 1.79. The summed E-state index contributed by atoms with van der Waals surface area (Å²) >= 11 is 0. The number of ketones is 2. The van der Waals surface area contributed by atoms with Crippen LogP contribution in [0.2, 0.25) is 0 Å². The molecule has 1 heterocycles. The number of cyclic esters (lactones) is 1. The molecule has 0 spiro atoms. The number of carbonyl (C=O) groups excluding carboxylic acids is 3. The average molecular weight is 398 g/mol. The number of aliphatic hydroxyl groups excluding tert-OH is 1. The van der Waals surface area contributed by atoms with E-state index < -0.39 is 34.5 Å². The smallest absolute Gasteiger partial charge is 0.347 e. The maximum Gasteiger partial charge on any atom is 0.347 e. The minimum atomic E-state index is -1.34. The van der Waals surface area contributed by atoms with Gasteiger partial charge in [-0.05, 0) is 0 Å². The van der Waals surface area contributed by atoms with E-state index in [0.717, 1.165) is 0 Å². The van der Waals surface area contributed by atoms with Crippen LogP contribution in [0.3, 0.4) is 0 Å². The molecule has 0 aromatic heterocycles. The summed E-state index contributed by atoms with van der Waals surface area (Å²) in [5.41, 5.74) is -0.523. The van der Waals surface area contributed by atoms with Crippen LogP contribution < -0.4 is 0 Å². The van der Waals surface area contributed by atoms with E-state index in [2.05, 4.69) is 0 Å². The second-order valence-corrected chi connectivity index (χ2v) is 6.97. The summed E-state index contributed by atoms with van der Waals surface area (Å²) in [5, 5.41) is 10.5. The van der Waals surface area contributed by atoms with Crippen molar-refractivity contribution in [1.82, 2.24) is 0 Å². The third kappa shape index (κ3) is 3.31. The summed E-state index contributed by atoms with van der Waals surface area (Å²) in [6.07, 6.45) is -0.228. The van der Waals surface area contributed by atoms with Crippen molar-refractivity contribution in [3.8, 4) is 0 Å². The van der Waals surface area contributed by atoms with Crippen molar-refractivity contribution in [2.75, 3.05) is 0 Å². The zero-order valence-electron chi connectivity index (χ0n) is 15.9. The third-order valence-corrected chi connectivity index (χ3v) is 5.13. The predicted octanol–water partition coefficient (Wildman–Crippen LogP) is 4.14. The molecule has 0 radical (unpaired) electrons. The topological polar surface area (TPSA) is 80.7 Å². The molecule has 3 aromatic carbocycles. The molecule has 0 amide bonds. The van der Waals surface area contributed by atoms with Crippen molar-refractivity contribution < 1.29 is 24.2 Å². The first kappa shape index (κ1) is 19.3. The standard InChI is InChI=1S/C25H18O5/c26-20-16-25(18-12-6-2-7-13-18,19-14-8-3-9-15-19)30-24(29)21(20)23(28)22(27)17-10-4-1-5-11-17/h1-15,28H,16H2. The number of carbonyl (C=O) groups is 3. The Labute approximate surface area is 173 Å². The molecule has 0 aliphatic carbocycles. The van der Waals surface area contributed by atoms with Gasteiger partial charge in [0.2, 0.25) is 5.78 Å². The molecule has 1 aliphatic heterocycles. The Morgan fingerprint density at radius 1 is 0.767 bits per heavy atom. The van der Waals surface area contributed by atoms with Gasteiger partial charge >= 0.3 is 5.97 Å². The lowest BCUT2D eigenvalue weighted by Gasteiger charge is -2.37. The minimum absolute atomic E-state index is 0.172. The molecule has 1 fully saturated rings. The van der Waals surface area contributed by atoms with Gasteiger partial charge in [-0.3, -0.25) is 9.59 Å². The molecule has 1 N–H and O–H groups in total. The highest BCUT2D eigenvalue weighted by molar-refractivity contribution is 6.25. The monoisotopic (exact) mass is 398 g/mol. The van der Waals surface area contributed by atoms with Crippen molar-refractivity contribution in [3.63, 3.8) is 0 Å². The van der Waals surface area contributed by atoms with Crippen molar-refractivity contribution in [2.45, 2.75) is 12.0 Å². The molecule has 30 heavy (non-hydrogen) atoms. The van der Waals surface area contributed by atoms with Gasteiger partial charge in [-0.15, -0.1) is 0 Å². The lowest BCUT2D eigenvalue weighted by Crippen LogP contribution is -2.43. The van der Waals surface area contributed by atoms with Crippen LogP contribution in [0.15, 0.2) is 102 Å². The highest BCUT2D eigenvalue weighted by Gasteiger charge is 2.48. The Morgan fingerprint density at radius 2 is 1.23 bits per heavy atom. The van der Waals surface area contributed by atoms with Crippen molar-refractivity contribution >= 4 is 17.5 Å². The second-order valence-electron chi connectivity index (χ2n) is 6.97. The number of ether oxygens (including phenoxy) is 1. The fourth-order valence-corrected chi connectivity index (χ4v) is 3.65. The van der Waals surface area contributed by atoms with E-state index in [1.165, 1.54) is 12.1 Å². The van der Waals surface area contributed by atoms with Crippen LogP contribution in [-0.4, -0.2) is 22.6 Å². The number of hydrogen-bond acceptors (Lipinski definition) is 5. The summed E-state index contributed by atoms with van der Waals surface area (Å²) in [6, 6.07) is 25.9. The molecule has 5 heteroatoms. The van der Waals surface area contributed by atoms with Gasteiger partial charge in [0.05, 0.1) is 6.42 Å². The van der Waals surface area contributed by atoms with E-state index in [0.29, 0.717) is 11.1 Å². The zero-order chi connectivity index (χ0) is 21.1. The number of Topliss-reactive ketones (excluding diaryl/α,β-unsaturated/α-hetero) is 2. The molecule has 1 aliphatic rings. The van der Waals surface area contributed by atoms with Gasteiger partial charge in [0, 0.05) is 16.7 Å². The van der Waals surface area contributed by atoms with Crippen molar-refractivity contribution in [1.29, 1.82) is 0 Å². The van der Waals surface area contributed by atoms with Crippen LogP contribution in [-0.2, 0) is 19.9 Å². The minimum Gasteiger partial charge on any atom is -0.503 e. The maximum atomic E-state index is 13.1. The van der Waals surface area contributed by atoms with E-state index in [4.69, 9.17) is 4.74 Å². The van der Waals surface area contributed by atoms with Gasteiger partial charge in [-0.1, -0.05) is 91.0 Å². The second kappa shape index (κ2) is 7.79. The molecule has 3 aromatic rings. The number of allylic oxidation sites excluding steroid dienone is 1. The van der Waals surface area contributed by atoms with Gasteiger partial charge in [0.25, 0.3) is 0 Å². The lowest BCUT2D eigenvalue weighted by atomic mass is 9.78. The first-order valence-corrected chi connectivity index (χ1v) is 9.43. The van der Waals surface area contributed by atoms with Crippen LogP contribution in [0.25, 0.3) is 0 Å². The largest absolute Gasteiger partial charge is 0.503 e. The Bertz CT molecular complexity index is 1070. The van der Waals surface area contributed by atoms with E-state index in [1.54, 1.807) is 66.7 Å². The maximum absolute atomic E-state index is 13.1. The SMILES string of the molecule is O=C1CC(c2ccccc2)(c2ccccc2)OC(=O)C1=C(O)C(=O)c1ccccc1. The highest BCUT2D eigenvalue weighted by Crippen LogP contribution is 2.42. The van der Waals surface area contributed by atoms with Gasteiger partial charge in [-0.25, -0.2) is 4.79 Å². The Kier molecular flexibility index (Phi) is 5.02. The fraction of sp³-hybridized carbons (Fsp3) is 0.0800. The first-order chi connectivity index (χ1) is 14.5. The van der Waals surface area contributed by atoms with Gasteiger partial charge in [-0.2, -0.15) is 0 Å². The molecule has 0 bridgehead atoms. The normalized spacial score (nSPS) is 17.2. The molecule has 148 valence electrons. The molecular weight excluding hydrogens is 380 g/mol. The molecule has 4 rings (SSSR count). The van der Waals surface area contributed by atoms with Crippen LogP contribution in [0, 0.1) is 0 Å². The molecule has 0 atom stereocenters. The van der Waals surface area contributed by atoms with E-state index in [9.17, 15) is 19.5 Å². The van der Waals surface area contributed by atoms with E-state index >= 15 is 0 Å². The molecule has 5 nitrogen and oxygen atoms in total. The van der Waals surface area contributed by atoms with Gasteiger partial charge < -0.3 is 9.84 Å². The molecule has 0 saturated carbocycles. The molecule has 0 unspecified atom stereocenters. The highest BCUT2D eigenvalue weighted by atomic mass is 16.6.